The second-order valence-electron chi connectivity index (χ2n) is 3.58. The minimum atomic E-state index is -0.494. The van der Waals surface area contributed by atoms with Crippen molar-refractivity contribution in [3.8, 4) is 0 Å². The highest BCUT2D eigenvalue weighted by molar-refractivity contribution is 6.29. The van der Waals surface area contributed by atoms with Crippen molar-refractivity contribution in [2.45, 2.75) is 39.2 Å². The van der Waals surface area contributed by atoms with Crippen molar-refractivity contribution in [2.75, 3.05) is 0 Å². The summed E-state index contributed by atoms with van der Waals surface area (Å²) in [6.45, 7) is 4.27. The second kappa shape index (κ2) is 5.42. The van der Waals surface area contributed by atoms with Crippen LogP contribution < -0.4 is 0 Å². The molecule has 1 atom stereocenters. The summed E-state index contributed by atoms with van der Waals surface area (Å²) in [6.07, 6.45) is 3.94. The van der Waals surface area contributed by atoms with Crippen LogP contribution >= 0.6 is 11.6 Å². The van der Waals surface area contributed by atoms with Gasteiger partial charge in [0.25, 0.3) is 0 Å². The predicted molar refractivity (Wildman–Crippen MR) is 57.4 cm³/mol. The zero-order valence-corrected chi connectivity index (χ0v) is 9.42. The predicted octanol–water partition coefficient (Wildman–Crippen LogP) is 3.79. The summed E-state index contributed by atoms with van der Waals surface area (Å²) in [5, 5.41) is 10.2. The van der Waals surface area contributed by atoms with E-state index < -0.39 is 6.10 Å². The van der Waals surface area contributed by atoms with Crippen molar-refractivity contribution in [1.82, 2.24) is 0 Å². The molecule has 0 aliphatic rings. The molecule has 0 saturated carbocycles. The van der Waals surface area contributed by atoms with Crippen molar-refractivity contribution >= 4 is 11.6 Å². The van der Waals surface area contributed by atoms with Crippen LogP contribution in [0, 0.1) is 5.92 Å². The smallest absolute Gasteiger partial charge is 0.198 e. The number of halogens is 1. The van der Waals surface area contributed by atoms with Crippen LogP contribution in [0.4, 0.5) is 0 Å². The summed E-state index contributed by atoms with van der Waals surface area (Å²) < 4.78 is 4.94. The Labute approximate surface area is 89.9 Å². The Bertz CT molecular complexity index is 266. The first kappa shape index (κ1) is 11.6. The lowest BCUT2D eigenvalue weighted by Crippen LogP contribution is -2.05. The van der Waals surface area contributed by atoms with Gasteiger partial charge in [0.15, 0.2) is 5.22 Å². The lowest BCUT2D eigenvalue weighted by Gasteiger charge is -2.16. The summed E-state index contributed by atoms with van der Waals surface area (Å²) in [7, 11) is 0. The SMILES string of the molecule is CCC(CC)CC(O)c1ccoc1Cl. The molecule has 14 heavy (non-hydrogen) atoms. The molecule has 0 bridgehead atoms. The van der Waals surface area contributed by atoms with Crippen molar-refractivity contribution < 1.29 is 9.52 Å². The van der Waals surface area contributed by atoms with Gasteiger partial charge in [-0.15, -0.1) is 0 Å². The van der Waals surface area contributed by atoms with Crippen molar-refractivity contribution in [2.24, 2.45) is 5.92 Å². The lowest BCUT2D eigenvalue weighted by atomic mass is 9.94. The van der Waals surface area contributed by atoms with E-state index in [9.17, 15) is 5.11 Å². The molecule has 1 unspecified atom stereocenters. The maximum atomic E-state index is 9.88. The second-order valence-corrected chi connectivity index (χ2v) is 3.93. The van der Waals surface area contributed by atoms with E-state index in [1.807, 2.05) is 0 Å². The molecule has 1 heterocycles. The van der Waals surface area contributed by atoms with Crippen LogP contribution in [-0.2, 0) is 0 Å². The van der Waals surface area contributed by atoms with Crippen molar-refractivity contribution in [1.29, 1.82) is 0 Å². The van der Waals surface area contributed by atoms with Crippen molar-refractivity contribution in [3.63, 3.8) is 0 Å². The van der Waals surface area contributed by atoms with Gasteiger partial charge in [-0.2, -0.15) is 0 Å². The van der Waals surface area contributed by atoms with Crippen molar-refractivity contribution in [3.05, 3.63) is 23.1 Å². The molecule has 1 aromatic rings. The van der Waals surface area contributed by atoms with Crippen LogP contribution in [0.5, 0.6) is 0 Å². The number of aliphatic hydroxyl groups is 1. The first-order chi connectivity index (χ1) is 6.69. The van der Waals surface area contributed by atoms with Gasteiger partial charge < -0.3 is 9.52 Å². The third-order valence-corrected chi connectivity index (χ3v) is 3.02. The fraction of sp³-hybridized carbons (Fsp3) is 0.636. The van der Waals surface area contributed by atoms with Gasteiger partial charge in [0.05, 0.1) is 12.4 Å². The summed E-state index contributed by atoms with van der Waals surface area (Å²) in [5.41, 5.74) is 0.707. The molecule has 3 heteroatoms. The highest BCUT2D eigenvalue weighted by Crippen LogP contribution is 2.30. The van der Waals surface area contributed by atoms with E-state index >= 15 is 0 Å². The Kier molecular flexibility index (Phi) is 4.49. The number of furan rings is 1. The Balaban J connectivity index is 2.58. The van der Waals surface area contributed by atoms with Crippen LogP contribution in [0.2, 0.25) is 5.22 Å². The number of rotatable bonds is 5. The molecule has 1 N–H and O–H groups in total. The minimum Gasteiger partial charge on any atom is -0.453 e. The van der Waals surface area contributed by atoms with Gasteiger partial charge in [-0.05, 0) is 30.0 Å². The van der Waals surface area contributed by atoms with Crippen LogP contribution in [0.15, 0.2) is 16.7 Å². The number of hydrogen-bond donors (Lipinski definition) is 1. The molecule has 0 amide bonds. The third-order valence-electron chi connectivity index (χ3n) is 2.72. The fourth-order valence-corrected chi connectivity index (χ4v) is 1.85. The van der Waals surface area contributed by atoms with E-state index in [0.717, 1.165) is 19.3 Å². The maximum Gasteiger partial charge on any atom is 0.198 e. The monoisotopic (exact) mass is 216 g/mol. The van der Waals surface area contributed by atoms with E-state index in [4.69, 9.17) is 16.0 Å². The van der Waals surface area contributed by atoms with Gasteiger partial charge in [0, 0.05) is 5.56 Å². The van der Waals surface area contributed by atoms with Crippen LogP contribution in [0.1, 0.15) is 44.8 Å². The molecule has 0 aromatic carbocycles. The Hall–Kier alpha value is -0.470. The number of hydrogen-bond acceptors (Lipinski definition) is 2. The molecular formula is C11H17ClO2. The van der Waals surface area contributed by atoms with Gasteiger partial charge in [0.2, 0.25) is 0 Å². The topological polar surface area (TPSA) is 33.4 Å². The van der Waals surface area contributed by atoms with E-state index in [0.29, 0.717) is 16.7 Å². The van der Waals surface area contributed by atoms with E-state index in [-0.39, 0.29) is 0 Å². The molecular weight excluding hydrogens is 200 g/mol. The third kappa shape index (κ3) is 2.76. The van der Waals surface area contributed by atoms with Crippen LogP contribution in [-0.4, -0.2) is 5.11 Å². The molecule has 0 aliphatic heterocycles. The fourth-order valence-electron chi connectivity index (χ4n) is 1.61. The molecule has 0 aliphatic carbocycles. The summed E-state index contributed by atoms with van der Waals surface area (Å²) in [6, 6.07) is 1.73. The normalized spacial score (nSPS) is 13.5. The van der Waals surface area contributed by atoms with Gasteiger partial charge >= 0.3 is 0 Å². The summed E-state index contributed by atoms with van der Waals surface area (Å²) in [5.74, 6) is 0.552. The zero-order chi connectivity index (χ0) is 10.6. The molecule has 0 radical (unpaired) electrons. The van der Waals surface area contributed by atoms with Gasteiger partial charge in [-0.3, -0.25) is 0 Å². The highest BCUT2D eigenvalue weighted by atomic mass is 35.5. The zero-order valence-electron chi connectivity index (χ0n) is 8.66. The lowest BCUT2D eigenvalue weighted by molar-refractivity contribution is 0.140. The van der Waals surface area contributed by atoms with Gasteiger partial charge in [0.1, 0.15) is 0 Å². The molecule has 2 nitrogen and oxygen atoms in total. The Morgan fingerprint density at radius 1 is 1.43 bits per heavy atom. The minimum absolute atomic E-state index is 0.309. The van der Waals surface area contributed by atoms with Gasteiger partial charge in [-0.1, -0.05) is 26.7 Å². The Morgan fingerprint density at radius 3 is 2.50 bits per heavy atom. The molecule has 80 valence electrons. The molecule has 0 saturated heterocycles. The Morgan fingerprint density at radius 2 is 2.07 bits per heavy atom. The van der Waals surface area contributed by atoms with Crippen LogP contribution in [0.25, 0.3) is 0 Å². The van der Waals surface area contributed by atoms with E-state index in [1.165, 1.54) is 6.26 Å². The molecule has 1 aromatic heterocycles. The first-order valence-electron chi connectivity index (χ1n) is 5.09. The van der Waals surface area contributed by atoms with Gasteiger partial charge in [-0.25, -0.2) is 0 Å². The molecule has 0 spiro atoms. The summed E-state index contributed by atoms with van der Waals surface area (Å²) >= 11 is 5.78. The van der Waals surface area contributed by atoms with E-state index in [1.54, 1.807) is 6.07 Å². The highest BCUT2D eigenvalue weighted by Gasteiger charge is 2.17. The standard InChI is InChI=1S/C11H17ClO2/c1-3-8(4-2)7-10(13)9-5-6-14-11(9)12/h5-6,8,10,13H,3-4,7H2,1-2H3. The largest absolute Gasteiger partial charge is 0.453 e. The molecule has 1 rings (SSSR count). The summed E-state index contributed by atoms with van der Waals surface area (Å²) in [4.78, 5) is 0. The molecule has 0 fully saturated rings. The first-order valence-corrected chi connectivity index (χ1v) is 5.47. The number of aliphatic hydroxyl groups excluding tert-OH is 1. The quantitative estimate of drug-likeness (QED) is 0.813. The average molecular weight is 217 g/mol. The average Bonchev–Trinajstić information content (AvgIpc) is 2.60. The maximum absolute atomic E-state index is 9.88. The van der Waals surface area contributed by atoms with E-state index in [2.05, 4.69) is 13.8 Å². The van der Waals surface area contributed by atoms with Crippen LogP contribution in [0.3, 0.4) is 0 Å².